The Morgan fingerprint density at radius 2 is 2.09 bits per heavy atom. The molecule has 0 spiro atoms. The van der Waals surface area contributed by atoms with Crippen LogP contribution in [0.25, 0.3) is 0 Å². The second kappa shape index (κ2) is 5.66. The maximum atomic E-state index is 12.1. The molecule has 1 aromatic heterocycles. The molecule has 3 heterocycles. The molecule has 0 N–H and O–H groups in total. The summed E-state index contributed by atoms with van der Waals surface area (Å²) < 4.78 is 0. The van der Waals surface area contributed by atoms with Gasteiger partial charge in [-0.15, -0.1) is 0 Å². The average Bonchev–Trinajstić information content (AvgIpc) is 3.00. The number of carbonyl (C=O) groups excluding carboxylic acids is 2. The lowest BCUT2D eigenvalue weighted by Crippen LogP contribution is -2.35. The Labute approximate surface area is 130 Å². The van der Waals surface area contributed by atoms with Gasteiger partial charge in [-0.3, -0.25) is 14.5 Å². The molecule has 3 rings (SSSR count). The molecule has 1 unspecified atom stereocenters. The molecule has 1 aromatic rings. The fourth-order valence-electron chi connectivity index (χ4n) is 3.38. The van der Waals surface area contributed by atoms with Crippen molar-refractivity contribution >= 4 is 17.6 Å². The number of rotatable bonds is 2. The molecule has 22 heavy (non-hydrogen) atoms. The first-order valence-corrected chi connectivity index (χ1v) is 7.96. The number of fused-ring (bicyclic) bond motifs is 1. The van der Waals surface area contributed by atoms with E-state index in [1.165, 1.54) is 0 Å². The maximum absolute atomic E-state index is 12.1. The Morgan fingerprint density at radius 3 is 2.82 bits per heavy atom. The SMILES string of the molecule is CCC(=O)N1CCCC1c1nc(C)c2c(n1)N(C)C(=O)CC2. The number of amides is 2. The van der Waals surface area contributed by atoms with Gasteiger partial charge in [0.1, 0.15) is 5.82 Å². The van der Waals surface area contributed by atoms with Crippen molar-refractivity contribution in [1.29, 1.82) is 0 Å². The van der Waals surface area contributed by atoms with Gasteiger partial charge < -0.3 is 4.90 Å². The van der Waals surface area contributed by atoms with E-state index in [0.717, 1.165) is 36.5 Å². The van der Waals surface area contributed by atoms with Crippen molar-refractivity contribution in [2.75, 3.05) is 18.5 Å². The van der Waals surface area contributed by atoms with Gasteiger partial charge in [-0.2, -0.15) is 0 Å². The third kappa shape index (κ3) is 2.36. The van der Waals surface area contributed by atoms with Gasteiger partial charge in [0, 0.05) is 37.7 Å². The highest BCUT2D eigenvalue weighted by Gasteiger charge is 2.33. The van der Waals surface area contributed by atoms with Gasteiger partial charge >= 0.3 is 0 Å². The van der Waals surface area contributed by atoms with E-state index in [2.05, 4.69) is 9.97 Å². The standard InChI is InChI=1S/C16H22N4O2/c1-4-13(21)20-9-5-6-12(20)15-17-10(2)11-7-8-14(22)19(3)16(11)18-15/h12H,4-9H2,1-3H3. The Morgan fingerprint density at radius 1 is 1.32 bits per heavy atom. The first-order chi connectivity index (χ1) is 10.5. The number of carbonyl (C=O) groups is 2. The average molecular weight is 302 g/mol. The highest BCUT2D eigenvalue weighted by molar-refractivity contribution is 5.94. The molecular formula is C16H22N4O2. The van der Waals surface area contributed by atoms with Crippen LogP contribution in [0.1, 0.15) is 55.7 Å². The lowest BCUT2D eigenvalue weighted by atomic mass is 10.0. The zero-order valence-corrected chi connectivity index (χ0v) is 13.4. The zero-order valence-electron chi connectivity index (χ0n) is 13.4. The largest absolute Gasteiger partial charge is 0.332 e. The molecule has 0 aliphatic carbocycles. The van der Waals surface area contributed by atoms with E-state index in [-0.39, 0.29) is 17.9 Å². The van der Waals surface area contributed by atoms with Crippen molar-refractivity contribution in [3.63, 3.8) is 0 Å². The van der Waals surface area contributed by atoms with Crippen molar-refractivity contribution < 1.29 is 9.59 Å². The molecule has 0 bridgehead atoms. The minimum Gasteiger partial charge on any atom is -0.332 e. The quantitative estimate of drug-likeness (QED) is 0.835. The van der Waals surface area contributed by atoms with E-state index in [9.17, 15) is 9.59 Å². The number of anilines is 1. The van der Waals surface area contributed by atoms with Crippen molar-refractivity contribution in [3.05, 3.63) is 17.1 Å². The molecule has 1 saturated heterocycles. The molecule has 0 radical (unpaired) electrons. The maximum Gasteiger partial charge on any atom is 0.228 e. The predicted molar refractivity (Wildman–Crippen MR) is 82.5 cm³/mol. The molecular weight excluding hydrogens is 280 g/mol. The van der Waals surface area contributed by atoms with E-state index in [0.29, 0.717) is 25.1 Å². The molecule has 1 atom stereocenters. The highest BCUT2D eigenvalue weighted by atomic mass is 16.2. The summed E-state index contributed by atoms with van der Waals surface area (Å²) in [5, 5.41) is 0. The Bertz CT molecular complexity index is 629. The van der Waals surface area contributed by atoms with Crippen LogP contribution in [0.5, 0.6) is 0 Å². The topological polar surface area (TPSA) is 66.4 Å². The molecule has 1 fully saturated rings. The predicted octanol–water partition coefficient (Wildman–Crippen LogP) is 1.77. The fourth-order valence-corrected chi connectivity index (χ4v) is 3.38. The molecule has 118 valence electrons. The van der Waals surface area contributed by atoms with Crippen LogP contribution in [0.15, 0.2) is 0 Å². The molecule has 6 nitrogen and oxygen atoms in total. The summed E-state index contributed by atoms with van der Waals surface area (Å²) in [7, 11) is 1.76. The van der Waals surface area contributed by atoms with E-state index in [1.807, 2.05) is 18.7 Å². The van der Waals surface area contributed by atoms with Crippen LogP contribution in [0.2, 0.25) is 0 Å². The molecule has 0 saturated carbocycles. The summed E-state index contributed by atoms with van der Waals surface area (Å²) in [5.74, 6) is 1.63. The summed E-state index contributed by atoms with van der Waals surface area (Å²) >= 11 is 0. The number of hydrogen-bond acceptors (Lipinski definition) is 4. The summed E-state index contributed by atoms with van der Waals surface area (Å²) in [6.07, 6.45) is 3.58. The first-order valence-electron chi connectivity index (χ1n) is 7.96. The second-order valence-corrected chi connectivity index (χ2v) is 6.02. The van der Waals surface area contributed by atoms with Crippen LogP contribution >= 0.6 is 0 Å². The lowest BCUT2D eigenvalue weighted by molar-refractivity contribution is -0.132. The van der Waals surface area contributed by atoms with Gasteiger partial charge in [-0.1, -0.05) is 6.92 Å². The summed E-state index contributed by atoms with van der Waals surface area (Å²) in [6, 6.07) is -0.0538. The normalized spacial score (nSPS) is 21.2. The summed E-state index contributed by atoms with van der Waals surface area (Å²) in [6.45, 7) is 4.61. The Balaban J connectivity index is 2.00. The minimum absolute atomic E-state index is 0.0538. The van der Waals surface area contributed by atoms with Crippen LogP contribution < -0.4 is 4.90 Å². The van der Waals surface area contributed by atoms with Gasteiger partial charge in [0.15, 0.2) is 5.82 Å². The van der Waals surface area contributed by atoms with Gasteiger partial charge in [0.25, 0.3) is 0 Å². The zero-order chi connectivity index (χ0) is 15.9. The number of hydrogen-bond donors (Lipinski definition) is 0. The van der Waals surface area contributed by atoms with Gasteiger partial charge in [0.2, 0.25) is 11.8 Å². The second-order valence-electron chi connectivity index (χ2n) is 6.02. The van der Waals surface area contributed by atoms with Crippen LogP contribution in [-0.2, 0) is 16.0 Å². The molecule has 2 aliphatic heterocycles. The van der Waals surface area contributed by atoms with Crippen molar-refractivity contribution in [3.8, 4) is 0 Å². The van der Waals surface area contributed by atoms with E-state index >= 15 is 0 Å². The van der Waals surface area contributed by atoms with E-state index in [4.69, 9.17) is 0 Å². The smallest absolute Gasteiger partial charge is 0.228 e. The first kappa shape index (κ1) is 14.9. The highest BCUT2D eigenvalue weighted by Crippen LogP contribution is 2.34. The van der Waals surface area contributed by atoms with E-state index in [1.54, 1.807) is 11.9 Å². The molecule has 6 heteroatoms. The van der Waals surface area contributed by atoms with Crippen LogP contribution in [-0.4, -0.2) is 40.3 Å². The summed E-state index contributed by atoms with van der Waals surface area (Å²) in [4.78, 5) is 36.8. The number of aromatic nitrogens is 2. The molecule has 0 aromatic carbocycles. The minimum atomic E-state index is -0.0538. The molecule has 2 amide bonds. The Hall–Kier alpha value is -1.98. The van der Waals surface area contributed by atoms with Crippen LogP contribution in [0.4, 0.5) is 5.82 Å². The van der Waals surface area contributed by atoms with E-state index < -0.39 is 0 Å². The third-order valence-corrected chi connectivity index (χ3v) is 4.66. The van der Waals surface area contributed by atoms with Gasteiger partial charge in [-0.05, 0) is 26.2 Å². The van der Waals surface area contributed by atoms with Crippen molar-refractivity contribution in [1.82, 2.24) is 14.9 Å². The number of aryl methyl sites for hydroxylation is 1. The monoisotopic (exact) mass is 302 g/mol. The fraction of sp³-hybridized carbons (Fsp3) is 0.625. The Kier molecular flexibility index (Phi) is 3.85. The van der Waals surface area contributed by atoms with Crippen molar-refractivity contribution in [2.24, 2.45) is 0 Å². The van der Waals surface area contributed by atoms with Crippen LogP contribution in [0, 0.1) is 6.92 Å². The summed E-state index contributed by atoms with van der Waals surface area (Å²) in [5.41, 5.74) is 1.98. The third-order valence-electron chi connectivity index (χ3n) is 4.66. The lowest BCUT2D eigenvalue weighted by Gasteiger charge is -2.28. The number of nitrogens with zero attached hydrogens (tertiary/aromatic N) is 4. The molecule has 2 aliphatic rings. The number of likely N-dealkylation sites (tertiary alicyclic amines) is 1. The van der Waals surface area contributed by atoms with Gasteiger partial charge in [0.05, 0.1) is 6.04 Å². The van der Waals surface area contributed by atoms with Crippen LogP contribution in [0.3, 0.4) is 0 Å². The van der Waals surface area contributed by atoms with Gasteiger partial charge in [-0.25, -0.2) is 9.97 Å². The van der Waals surface area contributed by atoms with Crippen molar-refractivity contribution in [2.45, 2.75) is 52.0 Å².